The van der Waals surface area contributed by atoms with Crippen LogP contribution in [0.4, 0.5) is 0 Å². The van der Waals surface area contributed by atoms with Gasteiger partial charge in [0.15, 0.2) is 5.79 Å². The van der Waals surface area contributed by atoms with Crippen LogP contribution in [-0.2, 0) is 90.8 Å². The van der Waals surface area contributed by atoms with Crippen LogP contribution in [0, 0.1) is 0 Å². The van der Waals surface area contributed by atoms with Crippen molar-refractivity contribution in [1.29, 1.82) is 0 Å². The van der Waals surface area contributed by atoms with Gasteiger partial charge in [-0.05, 0) is 13.3 Å². The van der Waals surface area contributed by atoms with Gasteiger partial charge in [-0.3, -0.25) is 4.79 Å². The maximum atomic E-state index is 11.5. The van der Waals surface area contributed by atoms with Gasteiger partial charge in [0.2, 0.25) is 0 Å². The predicted octanol–water partition coefficient (Wildman–Crippen LogP) is -3.60. The number of carboxylic acid groups (broad SMARTS) is 1. The van der Waals surface area contributed by atoms with Crippen molar-refractivity contribution in [3.63, 3.8) is 0 Å². The van der Waals surface area contributed by atoms with Crippen LogP contribution in [0.25, 0.3) is 0 Å². The number of ether oxygens (including phenoxy) is 15. The van der Waals surface area contributed by atoms with Crippen molar-refractivity contribution in [3.8, 4) is 0 Å². The molecular formula is C46H84Na2O21S. The molecular weight excluding hydrogens is 967 g/mol. The molecule has 0 aromatic heterocycles. The number of carbonyl (C=O) groups is 2. The molecule has 1 aliphatic heterocycles. The zero-order valence-corrected chi connectivity index (χ0v) is 47.8. The van der Waals surface area contributed by atoms with Crippen molar-refractivity contribution in [3.05, 3.63) is 12.7 Å². The molecule has 402 valence electrons. The van der Waals surface area contributed by atoms with Crippen LogP contribution in [0.15, 0.2) is 12.7 Å². The maximum Gasteiger partial charge on any atom is 1.00 e. The molecule has 0 N–H and O–H groups in total. The number of carboxylic acids is 1. The zero-order valence-electron chi connectivity index (χ0n) is 43.0. The smallest absolute Gasteiger partial charge is 0.747 e. The number of rotatable bonds is 53. The average Bonchev–Trinajstić information content (AvgIpc) is 3.68. The monoisotopic (exact) mass is 1050 g/mol. The third kappa shape index (κ3) is 45.4. The van der Waals surface area contributed by atoms with E-state index in [1.165, 1.54) is 51.4 Å². The van der Waals surface area contributed by atoms with Crippen LogP contribution in [0.2, 0.25) is 0 Å². The van der Waals surface area contributed by atoms with Gasteiger partial charge in [-0.1, -0.05) is 64.4 Å². The van der Waals surface area contributed by atoms with Gasteiger partial charge in [-0.15, -0.1) is 6.58 Å². The summed E-state index contributed by atoms with van der Waals surface area (Å²) in [5.41, 5.74) is 0. The standard InChI is InChI=1S/C46H86O21S.2Na/c1-4-6-7-8-9-10-11-12-13-14-46(3)66-40-42(67-46)39-63-38-41(37-62-15-5-2)64-34-32-60-30-28-58-26-24-56-22-20-54-18-16-53-17-19-55-21-23-57-25-27-59-29-31-61-33-35-65-44(47)36-43(45(48)49)68(50,51)52;;/h5,41-43H,2,4,6-40H2,1,3H3,(H,48,49)(H,50,51,52);;/q;2*+1/p-2. The Labute approximate surface area is 462 Å². The first-order chi connectivity index (χ1) is 33.0. The van der Waals surface area contributed by atoms with Crippen molar-refractivity contribution in [1.82, 2.24) is 0 Å². The van der Waals surface area contributed by atoms with Crippen LogP contribution in [0.5, 0.6) is 0 Å². The summed E-state index contributed by atoms with van der Waals surface area (Å²) in [6.45, 7) is 16.9. The Morgan fingerprint density at radius 2 is 1.03 bits per heavy atom. The van der Waals surface area contributed by atoms with Crippen molar-refractivity contribution in [2.75, 3.05) is 165 Å². The van der Waals surface area contributed by atoms with Crippen LogP contribution >= 0.6 is 0 Å². The molecule has 24 heteroatoms. The van der Waals surface area contributed by atoms with Gasteiger partial charge in [0, 0.05) is 6.42 Å². The maximum absolute atomic E-state index is 11.5. The van der Waals surface area contributed by atoms with Gasteiger partial charge in [-0.2, -0.15) is 0 Å². The van der Waals surface area contributed by atoms with Crippen LogP contribution in [0.3, 0.4) is 0 Å². The second-order valence-corrected chi connectivity index (χ2v) is 17.4. The molecule has 70 heavy (non-hydrogen) atoms. The first-order valence-electron chi connectivity index (χ1n) is 24.2. The van der Waals surface area contributed by atoms with Gasteiger partial charge in [0.1, 0.15) is 28.9 Å². The summed E-state index contributed by atoms with van der Waals surface area (Å²) in [5, 5.41) is 8.19. The minimum atomic E-state index is -5.24. The normalized spacial score (nSPS) is 16.6. The van der Waals surface area contributed by atoms with E-state index in [1.54, 1.807) is 6.08 Å². The molecule has 0 radical (unpaired) electrons. The molecule has 1 aliphatic rings. The molecule has 21 nitrogen and oxygen atoms in total. The molecule has 0 aromatic rings. The summed E-state index contributed by atoms with van der Waals surface area (Å²) in [4.78, 5) is 22.2. The SMILES string of the molecule is C=CCOCC(COCC1COC(C)(CCCCCCCCCCC)O1)OCCOCCOCCOCCOCCOCCOCCOCCOCCOCCOC(=O)CC(C(=O)[O-])S(=O)(=O)[O-].[Na+].[Na+]. The minimum absolute atomic E-state index is 0. The molecule has 4 atom stereocenters. The molecule has 0 aliphatic carbocycles. The number of hydrogen-bond donors (Lipinski definition) is 0. The Bertz CT molecular complexity index is 1310. The number of hydrogen-bond acceptors (Lipinski definition) is 21. The molecule has 0 saturated carbocycles. The fraction of sp³-hybridized carbons (Fsp3) is 0.913. The largest absolute Gasteiger partial charge is 1.00 e. The van der Waals surface area contributed by atoms with Gasteiger partial charge >= 0.3 is 65.1 Å². The van der Waals surface area contributed by atoms with E-state index >= 15 is 0 Å². The van der Waals surface area contributed by atoms with E-state index in [1.807, 2.05) is 6.92 Å². The minimum Gasteiger partial charge on any atom is -0.747 e. The summed E-state index contributed by atoms with van der Waals surface area (Å²) in [7, 11) is -5.24. The van der Waals surface area contributed by atoms with Crippen LogP contribution in [-0.4, -0.2) is 213 Å². The Balaban J connectivity index is 0. The summed E-state index contributed by atoms with van der Waals surface area (Å²) >= 11 is 0. The Morgan fingerprint density at radius 3 is 1.44 bits per heavy atom. The van der Waals surface area contributed by atoms with Gasteiger partial charge in [-0.25, -0.2) is 8.42 Å². The summed E-state index contributed by atoms with van der Waals surface area (Å²) in [6, 6.07) is 0. The molecule has 1 heterocycles. The van der Waals surface area contributed by atoms with Crippen molar-refractivity contribution < 1.29 is 158 Å². The fourth-order valence-corrected chi connectivity index (χ4v) is 6.86. The van der Waals surface area contributed by atoms with Gasteiger partial charge in [0.05, 0.1) is 176 Å². The first-order valence-corrected chi connectivity index (χ1v) is 25.7. The summed E-state index contributed by atoms with van der Waals surface area (Å²) in [5.74, 6) is -3.88. The first kappa shape index (κ1) is 72.1. The average molecular weight is 1050 g/mol. The van der Waals surface area contributed by atoms with E-state index in [4.69, 9.17) is 66.3 Å². The molecule has 1 fully saturated rings. The van der Waals surface area contributed by atoms with E-state index in [0.29, 0.717) is 139 Å². The molecule has 4 unspecified atom stereocenters. The molecule has 1 saturated heterocycles. The second-order valence-electron chi connectivity index (χ2n) is 15.9. The Morgan fingerprint density at radius 1 is 0.629 bits per heavy atom. The molecule has 1 rings (SSSR count). The van der Waals surface area contributed by atoms with E-state index in [0.717, 1.165) is 12.8 Å². The zero-order chi connectivity index (χ0) is 49.7. The third-order valence-electron chi connectivity index (χ3n) is 9.88. The molecule has 0 spiro atoms. The van der Waals surface area contributed by atoms with Gasteiger partial charge < -0.3 is 85.5 Å². The number of carbonyl (C=O) groups excluding carboxylic acids is 2. The molecule has 0 aromatic carbocycles. The van der Waals surface area contributed by atoms with E-state index < -0.39 is 39.5 Å². The second kappa shape index (κ2) is 51.2. The van der Waals surface area contributed by atoms with Crippen molar-refractivity contribution >= 4 is 22.1 Å². The van der Waals surface area contributed by atoms with E-state index in [-0.39, 0.29) is 97.8 Å². The topological polar surface area (TPSA) is 253 Å². The van der Waals surface area contributed by atoms with E-state index in [9.17, 15) is 27.7 Å². The summed E-state index contributed by atoms with van der Waals surface area (Å²) < 4.78 is 116. The molecule has 0 amide bonds. The predicted molar refractivity (Wildman–Crippen MR) is 244 cm³/mol. The summed E-state index contributed by atoms with van der Waals surface area (Å²) in [6.07, 6.45) is 12.7. The number of unbranched alkanes of at least 4 members (excludes halogenated alkanes) is 8. The van der Waals surface area contributed by atoms with Crippen LogP contribution in [0.1, 0.15) is 84.5 Å². The number of aliphatic carboxylic acids is 1. The van der Waals surface area contributed by atoms with Crippen molar-refractivity contribution in [2.45, 2.75) is 108 Å². The van der Waals surface area contributed by atoms with Crippen LogP contribution < -0.4 is 64.2 Å². The third-order valence-corrected chi connectivity index (χ3v) is 10.9. The Kier molecular flexibility index (Phi) is 52.7. The Hall–Kier alpha value is 0.0300. The van der Waals surface area contributed by atoms with E-state index in [2.05, 4.69) is 18.2 Å². The van der Waals surface area contributed by atoms with Crippen molar-refractivity contribution in [2.24, 2.45) is 0 Å². The molecule has 0 bridgehead atoms. The van der Waals surface area contributed by atoms with Gasteiger partial charge in [0.25, 0.3) is 0 Å². The number of esters is 1. The quantitative estimate of drug-likeness (QED) is 0.0188. The fourth-order valence-electron chi connectivity index (χ4n) is 6.28.